The molecule has 0 fully saturated rings. The molecule has 3 aromatic rings. The van der Waals surface area contributed by atoms with Crippen molar-refractivity contribution in [2.24, 2.45) is 0 Å². The Balaban J connectivity index is 1.95. The number of carbonyl (C=O) groups is 1. The number of benzene rings is 2. The summed E-state index contributed by atoms with van der Waals surface area (Å²) in [5.74, 6) is 0.897. The van der Waals surface area contributed by atoms with E-state index in [9.17, 15) is 4.79 Å². The summed E-state index contributed by atoms with van der Waals surface area (Å²) in [6, 6.07) is 12.2. The Morgan fingerprint density at radius 3 is 2.59 bits per heavy atom. The molecule has 3 rings (SSSR count). The van der Waals surface area contributed by atoms with Crippen LogP contribution in [-0.4, -0.2) is 22.6 Å². The Kier molecular flexibility index (Phi) is 6.01. The van der Waals surface area contributed by atoms with Crippen LogP contribution in [0.5, 0.6) is 5.75 Å². The second kappa shape index (κ2) is 8.44. The predicted molar refractivity (Wildman–Crippen MR) is 110 cm³/mol. The molecule has 27 heavy (non-hydrogen) atoms. The average Bonchev–Trinajstić information content (AvgIpc) is 3.13. The summed E-state index contributed by atoms with van der Waals surface area (Å²) in [5, 5.41) is 10.6. The van der Waals surface area contributed by atoms with Crippen molar-refractivity contribution in [2.45, 2.75) is 46.6 Å². The molecular weight excluding hydrogens is 356 g/mol. The van der Waals surface area contributed by atoms with E-state index in [0.717, 1.165) is 50.7 Å². The number of hydrogen-bond acceptors (Lipinski definition) is 5. The number of aromatic nitrogens is 2. The van der Waals surface area contributed by atoms with Crippen molar-refractivity contribution in [3.63, 3.8) is 0 Å². The molecule has 0 aliphatic rings. The lowest BCUT2D eigenvalue weighted by atomic mass is 9.97. The molecule has 1 heterocycles. The first-order valence-corrected chi connectivity index (χ1v) is 10.0. The van der Waals surface area contributed by atoms with Crippen molar-refractivity contribution in [3.05, 3.63) is 53.1 Å². The smallest absolute Gasteiger partial charge is 0.148 e. The quantitative estimate of drug-likeness (QED) is 0.524. The molecule has 0 bridgehead atoms. The second-order valence-electron chi connectivity index (χ2n) is 6.73. The van der Waals surface area contributed by atoms with E-state index in [1.54, 1.807) is 11.3 Å². The minimum atomic E-state index is 0.147. The summed E-state index contributed by atoms with van der Waals surface area (Å²) in [6.07, 6.45) is 2.38. The van der Waals surface area contributed by atoms with Gasteiger partial charge in [0.25, 0.3) is 0 Å². The topological polar surface area (TPSA) is 52.1 Å². The monoisotopic (exact) mass is 380 g/mol. The van der Waals surface area contributed by atoms with E-state index < -0.39 is 0 Å². The van der Waals surface area contributed by atoms with Gasteiger partial charge in [0.1, 0.15) is 22.1 Å². The van der Waals surface area contributed by atoms with Crippen molar-refractivity contribution in [1.29, 1.82) is 0 Å². The first kappa shape index (κ1) is 19.2. The maximum Gasteiger partial charge on any atom is 0.148 e. The molecule has 5 heteroatoms. The number of aldehydes is 1. The number of ether oxygens (including phenoxy) is 1. The van der Waals surface area contributed by atoms with E-state index in [1.807, 2.05) is 45.0 Å². The molecule has 2 aromatic carbocycles. The van der Waals surface area contributed by atoms with Crippen LogP contribution >= 0.6 is 11.3 Å². The Morgan fingerprint density at radius 2 is 1.93 bits per heavy atom. The SMILES string of the molecule is CCc1c(CC=O)cccc1-c1nnc(-c2ccc(OC(C)C)c(C)c2)s1. The summed E-state index contributed by atoms with van der Waals surface area (Å²) in [5.41, 5.74) is 5.42. The molecule has 0 amide bonds. The Labute approximate surface area is 164 Å². The maximum absolute atomic E-state index is 11.0. The van der Waals surface area contributed by atoms with Crippen molar-refractivity contribution in [1.82, 2.24) is 10.2 Å². The Hall–Kier alpha value is -2.53. The van der Waals surface area contributed by atoms with Crippen molar-refractivity contribution >= 4 is 17.6 Å². The van der Waals surface area contributed by atoms with Crippen molar-refractivity contribution in [2.75, 3.05) is 0 Å². The minimum absolute atomic E-state index is 0.147. The molecular formula is C22H24N2O2S. The zero-order valence-corrected chi connectivity index (χ0v) is 17.0. The van der Waals surface area contributed by atoms with Crippen LogP contribution in [0.3, 0.4) is 0 Å². The fourth-order valence-corrected chi connectivity index (χ4v) is 4.04. The summed E-state index contributed by atoms with van der Waals surface area (Å²) < 4.78 is 5.82. The standard InChI is InChI=1S/C22H24N2O2S/c1-5-18-16(11-12-25)7-6-8-19(18)22-24-23-21(27-22)17-9-10-20(15(4)13-17)26-14(2)3/h6-10,12-14H,5,11H2,1-4H3. The lowest BCUT2D eigenvalue weighted by molar-refractivity contribution is -0.107. The van der Waals surface area contributed by atoms with Crippen LogP contribution in [0, 0.1) is 6.92 Å². The predicted octanol–water partition coefficient (Wildman–Crippen LogP) is 5.27. The zero-order chi connectivity index (χ0) is 19.4. The van der Waals surface area contributed by atoms with E-state index >= 15 is 0 Å². The molecule has 0 N–H and O–H groups in total. The molecule has 4 nitrogen and oxygen atoms in total. The summed E-state index contributed by atoms with van der Waals surface area (Å²) in [7, 11) is 0. The molecule has 1 aromatic heterocycles. The first-order chi connectivity index (χ1) is 13.0. The van der Waals surface area contributed by atoms with Gasteiger partial charge in [-0.2, -0.15) is 0 Å². The van der Waals surface area contributed by atoms with Crippen LogP contribution in [0.1, 0.15) is 37.5 Å². The van der Waals surface area contributed by atoms with Crippen LogP contribution < -0.4 is 4.74 Å². The highest BCUT2D eigenvalue weighted by atomic mass is 32.1. The van der Waals surface area contributed by atoms with E-state index in [4.69, 9.17) is 4.74 Å². The number of nitrogens with zero attached hydrogens (tertiary/aromatic N) is 2. The zero-order valence-electron chi connectivity index (χ0n) is 16.2. The van der Waals surface area contributed by atoms with Crippen LogP contribution in [0.15, 0.2) is 36.4 Å². The van der Waals surface area contributed by atoms with E-state index in [2.05, 4.69) is 29.3 Å². The van der Waals surface area contributed by atoms with Gasteiger partial charge in [-0.25, -0.2) is 0 Å². The first-order valence-electron chi connectivity index (χ1n) is 9.19. The number of carbonyl (C=O) groups excluding carboxylic acids is 1. The van der Waals surface area contributed by atoms with Crippen molar-refractivity contribution in [3.8, 4) is 26.9 Å². The molecule has 0 aliphatic heterocycles. The lowest BCUT2D eigenvalue weighted by Gasteiger charge is -2.12. The largest absolute Gasteiger partial charge is 0.491 e. The third-order valence-corrected chi connectivity index (χ3v) is 5.38. The van der Waals surface area contributed by atoms with Crippen molar-refractivity contribution < 1.29 is 9.53 Å². The van der Waals surface area contributed by atoms with Gasteiger partial charge in [0.15, 0.2) is 0 Å². The highest BCUT2D eigenvalue weighted by Crippen LogP contribution is 2.34. The number of hydrogen-bond donors (Lipinski definition) is 0. The van der Waals surface area contributed by atoms with Crippen LogP contribution in [0.2, 0.25) is 0 Å². The van der Waals surface area contributed by atoms with Crippen LogP contribution in [0.25, 0.3) is 21.1 Å². The molecule has 0 unspecified atom stereocenters. The summed E-state index contributed by atoms with van der Waals surface area (Å²) in [4.78, 5) is 11.0. The molecule has 0 saturated heterocycles. The molecule has 140 valence electrons. The molecule has 0 atom stereocenters. The van der Waals surface area contributed by atoms with Gasteiger partial charge in [0.2, 0.25) is 0 Å². The minimum Gasteiger partial charge on any atom is -0.491 e. The fourth-order valence-electron chi connectivity index (χ4n) is 3.15. The van der Waals surface area contributed by atoms with E-state index in [1.165, 1.54) is 5.56 Å². The molecule has 0 spiro atoms. The van der Waals surface area contributed by atoms with Crippen LogP contribution in [-0.2, 0) is 17.6 Å². The average molecular weight is 381 g/mol. The number of aryl methyl sites for hydroxylation is 1. The highest BCUT2D eigenvalue weighted by molar-refractivity contribution is 7.17. The van der Waals surface area contributed by atoms with Gasteiger partial charge in [-0.05, 0) is 62.1 Å². The van der Waals surface area contributed by atoms with E-state index in [0.29, 0.717) is 6.42 Å². The molecule has 0 radical (unpaired) electrons. The molecule has 0 saturated carbocycles. The normalized spacial score (nSPS) is 11.0. The van der Waals surface area contributed by atoms with E-state index in [-0.39, 0.29) is 6.10 Å². The summed E-state index contributed by atoms with van der Waals surface area (Å²) in [6.45, 7) is 8.19. The number of rotatable bonds is 7. The van der Waals surface area contributed by atoms with Gasteiger partial charge in [-0.15, -0.1) is 10.2 Å². The van der Waals surface area contributed by atoms with Gasteiger partial charge in [-0.1, -0.05) is 36.5 Å². The third-order valence-electron chi connectivity index (χ3n) is 4.37. The summed E-state index contributed by atoms with van der Waals surface area (Å²) >= 11 is 1.57. The molecule has 0 aliphatic carbocycles. The van der Waals surface area contributed by atoms with Gasteiger partial charge in [0.05, 0.1) is 6.10 Å². The highest BCUT2D eigenvalue weighted by Gasteiger charge is 2.15. The lowest BCUT2D eigenvalue weighted by Crippen LogP contribution is -2.06. The Morgan fingerprint density at radius 1 is 1.15 bits per heavy atom. The van der Waals surface area contributed by atoms with Gasteiger partial charge in [0, 0.05) is 17.5 Å². The Bertz CT molecular complexity index is 947. The third kappa shape index (κ3) is 4.25. The maximum atomic E-state index is 11.0. The van der Waals surface area contributed by atoms with Gasteiger partial charge in [-0.3, -0.25) is 0 Å². The van der Waals surface area contributed by atoms with Gasteiger partial charge < -0.3 is 9.53 Å². The van der Waals surface area contributed by atoms with Gasteiger partial charge >= 0.3 is 0 Å². The fraction of sp³-hybridized carbons (Fsp3) is 0.318. The van der Waals surface area contributed by atoms with Crippen LogP contribution in [0.4, 0.5) is 0 Å². The second-order valence-corrected chi connectivity index (χ2v) is 7.70.